The van der Waals surface area contributed by atoms with Gasteiger partial charge in [0.15, 0.2) is 0 Å². The minimum Gasteiger partial charge on any atom is -0.497 e. The largest absolute Gasteiger partial charge is 0.497 e. The summed E-state index contributed by atoms with van der Waals surface area (Å²) in [4.78, 5) is 4.42. The molecule has 0 saturated heterocycles. The minimum absolute atomic E-state index is 0.579. The molecule has 27 heavy (non-hydrogen) atoms. The highest BCUT2D eigenvalue weighted by molar-refractivity contribution is 6.35. The molecule has 0 aliphatic heterocycles. The van der Waals surface area contributed by atoms with Crippen LogP contribution >= 0.6 is 23.2 Å². The van der Waals surface area contributed by atoms with Crippen molar-refractivity contribution in [2.75, 3.05) is 7.11 Å². The Morgan fingerprint density at radius 2 is 1.74 bits per heavy atom. The predicted octanol–water partition coefficient (Wildman–Crippen LogP) is 6.51. The fraction of sp³-hybridized carbons (Fsp3) is 0.0455. The molecule has 0 N–H and O–H groups in total. The molecule has 1 heterocycles. The average Bonchev–Trinajstić information content (AvgIpc) is 3.14. The number of hydrogen-bond donors (Lipinski definition) is 0. The molecule has 0 radical (unpaired) electrons. The minimum atomic E-state index is 0.579. The van der Waals surface area contributed by atoms with E-state index >= 15 is 0 Å². The van der Waals surface area contributed by atoms with Crippen molar-refractivity contribution in [1.82, 2.24) is 9.55 Å². The average molecular weight is 395 g/mol. The first kappa shape index (κ1) is 17.7. The van der Waals surface area contributed by atoms with Gasteiger partial charge in [-0.25, -0.2) is 4.98 Å². The zero-order valence-electron chi connectivity index (χ0n) is 14.6. The van der Waals surface area contributed by atoms with Crippen molar-refractivity contribution in [3.63, 3.8) is 0 Å². The van der Waals surface area contributed by atoms with Gasteiger partial charge < -0.3 is 4.74 Å². The number of hydrogen-bond acceptors (Lipinski definition) is 2. The van der Waals surface area contributed by atoms with E-state index in [0.29, 0.717) is 10.0 Å². The van der Waals surface area contributed by atoms with E-state index in [1.54, 1.807) is 19.4 Å². The quantitative estimate of drug-likeness (QED) is 0.394. The maximum atomic E-state index is 6.33. The molecule has 0 amide bonds. The van der Waals surface area contributed by atoms with Gasteiger partial charge in [-0.15, -0.1) is 0 Å². The number of methoxy groups -OCH3 is 1. The van der Waals surface area contributed by atoms with E-state index in [2.05, 4.69) is 29.2 Å². The summed E-state index contributed by atoms with van der Waals surface area (Å²) in [5.41, 5.74) is 1.92. The Hall–Kier alpha value is -2.75. The van der Waals surface area contributed by atoms with Gasteiger partial charge in [-0.1, -0.05) is 47.5 Å². The standard InChI is InChI=1S/C22H16Cl2N2O/c1-27-19-7-5-16-12-15(2-4-17(16)13-19)3-9-22-25-10-11-26(22)21-8-6-18(23)14-20(21)24/h2-14H,1H3/b9-3+. The highest BCUT2D eigenvalue weighted by atomic mass is 35.5. The fourth-order valence-electron chi connectivity index (χ4n) is 2.96. The molecule has 0 fully saturated rings. The van der Waals surface area contributed by atoms with Crippen molar-refractivity contribution >= 4 is 46.1 Å². The lowest BCUT2D eigenvalue weighted by Gasteiger charge is -2.08. The van der Waals surface area contributed by atoms with Crippen molar-refractivity contribution < 1.29 is 4.74 Å². The van der Waals surface area contributed by atoms with E-state index in [1.165, 1.54) is 0 Å². The second-order valence-electron chi connectivity index (χ2n) is 6.06. The van der Waals surface area contributed by atoms with Crippen LogP contribution in [-0.4, -0.2) is 16.7 Å². The van der Waals surface area contributed by atoms with E-state index in [4.69, 9.17) is 27.9 Å². The smallest absolute Gasteiger partial charge is 0.137 e. The SMILES string of the molecule is COc1ccc2cc(/C=C/c3nccn3-c3ccc(Cl)cc3Cl)ccc2c1. The van der Waals surface area contributed by atoms with Crippen LogP contribution in [0.15, 0.2) is 67.0 Å². The molecule has 134 valence electrons. The number of rotatable bonds is 4. The highest BCUT2D eigenvalue weighted by Crippen LogP contribution is 2.26. The highest BCUT2D eigenvalue weighted by Gasteiger charge is 2.07. The first-order chi connectivity index (χ1) is 13.1. The van der Waals surface area contributed by atoms with Gasteiger partial charge in [-0.3, -0.25) is 4.57 Å². The Kier molecular flexibility index (Phi) is 4.88. The summed E-state index contributed by atoms with van der Waals surface area (Å²) in [6, 6.07) is 17.8. The van der Waals surface area contributed by atoms with E-state index in [0.717, 1.165) is 33.6 Å². The number of fused-ring (bicyclic) bond motifs is 1. The number of aromatic nitrogens is 2. The second-order valence-corrected chi connectivity index (χ2v) is 6.90. The molecule has 3 aromatic carbocycles. The zero-order chi connectivity index (χ0) is 18.8. The van der Waals surface area contributed by atoms with E-state index in [1.807, 2.05) is 47.2 Å². The third kappa shape index (κ3) is 3.70. The number of ether oxygens (including phenoxy) is 1. The normalized spacial score (nSPS) is 11.4. The van der Waals surface area contributed by atoms with Gasteiger partial charge in [0.05, 0.1) is 17.8 Å². The third-order valence-corrected chi connectivity index (χ3v) is 4.87. The van der Waals surface area contributed by atoms with Gasteiger partial charge in [0.2, 0.25) is 0 Å². The molecule has 4 aromatic rings. The zero-order valence-corrected chi connectivity index (χ0v) is 16.1. The van der Waals surface area contributed by atoms with Gasteiger partial charge in [-0.2, -0.15) is 0 Å². The summed E-state index contributed by atoms with van der Waals surface area (Å²) in [6.45, 7) is 0. The Morgan fingerprint density at radius 3 is 2.56 bits per heavy atom. The third-order valence-electron chi connectivity index (χ3n) is 4.33. The Morgan fingerprint density at radius 1 is 0.926 bits per heavy atom. The maximum absolute atomic E-state index is 6.33. The molecule has 3 nitrogen and oxygen atoms in total. The van der Waals surface area contributed by atoms with Crippen molar-refractivity contribution in [2.45, 2.75) is 0 Å². The maximum Gasteiger partial charge on any atom is 0.137 e. The van der Waals surface area contributed by atoms with E-state index < -0.39 is 0 Å². The lowest BCUT2D eigenvalue weighted by Crippen LogP contribution is -1.96. The summed E-state index contributed by atoms with van der Waals surface area (Å²) >= 11 is 12.3. The van der Waals surface area contributed by atoms with Crippen LogP contribution in [0.1, 0.15) is 11.4 Å². The number of nitrogens with zero attached hydrogens (tertiary/aromatic N) is 2. The molecule has 0 spiro atoms. The van der Waals surface area contributed by atoms with Crippen molar-refractivity contribution in [1.29, 1.82) is 0 Å². The fourth-order valence-corrected chi connectivity index (χ4v) is 3.46. The van der Waals surface area contributed by atoms with Crippen LogP contribution in [0.5, 0.6) is 5.75 Å². The Labute approximate surface area is 167 Å². The summed E-state index contributed by atoms with van der Waals surface area (Å²) in [5, 5.41) is 3.48. The Bertz CT molecular complexity index is 1150. The van der Waals surface area contributed by atoms with Crippen LogP contribution in [0, 0.1) is 0 Å². The number of halogens is 2. The lowest BCUT2D eigenvalue weighted by atomic mass is 10.1. The lowest BCUT2D eigenvalue weighted by molar-refractivity contribution is 0.415. The van der Waals surface area contributed by atoms with Crippen LogP contribution in [0.4, 0.5) is 0 Å². The monoisotopic (exact) mass is 394 g/mol. The van der Waals surface area contributed by atoms with Gasteiger partial charge in [0, 0.05) is 17.4 Å². The van der Waals surface area contributed by atoms with E-state index in [9.17, 15) is 0 Å². The van der Waals surface area contributed by atoms with Crippen molar-refractivity contribution in [3.05, 3.63) is 88.4 Å². The summed E-state index contributed by atoms with van der Waals surface area (Å²) in [5.74, 6) is 1.64. The molecule has 4 rings (SSSR count). The van der Waals surface area contributed by atoms with Crippen LogP contribution in [-0.2, 0) is 0 Å². The van der Waals surface area contributed by atoms with Crippen LogP contribution in [0.3, 0.4) is 0 Å². The van der Waals surface area contributed by atoms with Gasteiger partial charge in [0.1, 0.15) is 11.6 Å². The molecular formula is C22H16Cl2N2O. The number of benzene rings is 3. The molecule has 0 atom stereocenters. The first-order valence-corrected chi connectivity index (χ1v) is 9.14. The molecule has 0 bridgehead atoms. The van der Waals surface area contributed by atoms with Crippen LogP contribution in [0.2, 0.25) is 10.0 Å². The van der Waals surface area contributed by atoms with Crippen molar-refractivity contribution in [2.24, 2.45) is 0 Å². The molecule has 0 unspecified atom stereocenters. The molecular weight excluding hydrogens is 379 g/mol. The predicted molar refractivity (Wildman–Crippen MR) is 113 cm³/mol. The van der Waals surface area contributed by atoms with E-state index in [-0.39, 0.29) is 0 Å². The topological polar surface area (TPSA) is 27.1 Å². The Balaban J connectivity index is 1.66. The molecule has 1 aromatic heterocycles. The molecule has 0 aliphatic carbocycles. The van der Waals surface area contributed by atoms with Crippen molar-refractivity contribution in [3.8, 4) is 11.4 Å². The summed E-state index contributed by atoms with van der Waals surface area (Å²) in [7, 11) is 1.67. The van der Waals surface area contributed by atoms with Gasteiger partial charge in [-0.05, 0) is 58.8 Å². The molecule has 0 aliphatic rings. The molecule has 0 saturated carbocycles. The number of imidazole rings is 1. The van der Waals surface area contributed by atoms with Crippen LogP contribution in [0.25, 0.3) is 28.6 Å². The summed E-state index contributed by atoms with van der Waals surface area (Å²) in [6.07, 6.45) is 7.63. The van der Waals surface area contributed by atoms with Crippen LogP contribution < -0.4 is 4.74 Å². The molecule has 5 heteroatoms. The van der Waals surface area contributed by atoms with Gasteiger partial charge in [0.25, 0.3) is 0 Å². The second kappa shape index (κ2) is 7.47. The first-order valence-electron chi connectivity index (χ1n) is 8.39. The summed E-state index contributed by atoms with van der Waals surface area (Å²) < 4.78 is 7.21. The van der Waals surface area contributed by atoms with Gasteiger partial charge >= 0.3 is 0 Å².